The molecule has 1 saturated heterocycles. The van der Waals surface area contributed by atoms with Crippen molar-refractivity contribution in [2.75, 3.05) is 26.7 Å². The van der Waals surface area contributed by atoms with Crippen LogP contribution in [0, 0.1) is 5.82 Å². The summed E-state index contributed by atoms with van der Waals surface area (Å²) in [6.45, 7) is 6.21. The van der Waals surface area contributed by atoms with E-state index in [1.807, 2.05) is 18.2 Å². The molecule has 1 aromatic carbocycles. The summed E-state index contributed by atoms with van der Waals surface area (Å²) in [5.41, 5.74) is 3.31. The van der Waals surface area contributed by atoms with E-state index in [1.54, 1.807) is 45.0 Å². The Morgan fingerprint density at radius 2 is 1.97 bits per heavy atom. The van der Waals surface area contributed by atoms with Crippen LogP contribution in [0.5, 0.6) is 5.75 Å². The number of benzene rings is 1. The van der Waals surface area contributed by atoms with Crippen molar-refractivity contribution in [3.05, 3.63) is 54.1 Å². The minimum atomic E-state index is -0.771. The van der Waals surface area contributed by atoms with Gasteiger partial charge in [0.15, 0.2) is 0 Å². The van der Waals surface area contributed by atoms with Gasteiger partial charge in [0.1, 0.15) is 28.9 Å². The number of ether oxygens (including phenoxy) is 2. The van der Waals surface area contributed by atoms with Gasteiger partial charge in [-0.3, -0.25) is 9.69 Å². The molecule has 2 N–H and O–H groups in total. The van der Waals surface area contributed by atoms with Crippen LogP contribution in [0.25, 0.3) is 27.7 Å². The Morgan fingerprint density at radius 3 is 2.67 bits per heavy atom. The van der Waals surface area contributed by atoms with Gasteiger partial charge in [-0.05, 0) is 68.7 Å². The molecule has 39 heavy (non-hydrogen) atoms. The Hall–Kier alpha value is -3.92. The van der Waals surface area contributed by atoms with Crippen LogP contribution in [0.4, 0.5) is 9.18 Å². The summed E-state index contributed by atoms with van der Waals surface area (Å²) >= 11 is 0. The summed E-state index contributed by atoms with van der Waals surface area (Å²) in [4.78, 5) is 36.9. The van der Waals surface area contributed by atoms with E-state index < -0.39 is 23.8 Å². The van der Waals surface area contributed by atoms with Crippen molar-refractivity contribution in [3.8, 4) is 16.9 Å². The summed E-state index contributed by atoms with van der Waals surface area (Å²) in [6, 6.07) is 7.48. The second kappa shape index (κ2) is 10.3. The van der Waals surface area contributed by atoms with Crippen LogP contribution in [0.15, 0.2) is 42.6 Å². The number of hydrogen-bond donors (Lipinski definition) is 2. The number of rotatable bonds is 4. The van der Waals surface area contributed by atoms with E-state index in [4.69, 9.17) is 9.47 Å². The molecule has 2 aliphatic rings. The quantitative estimate of drug-likeness (QED) is 0.513. The number of aromatic amines is 1. The van der Waals surface area contributed by atoms with Crippen molar-refractivity contribution in [1.29, 1.82) is 0 Å². The second-order valence-corrected chi connectivity index (χ2v) is 11.0. The number of aliphatic hydroxyl groups excluding tert-OH is 1. The maximum Gasteiger partial charge on any atom is 0.411 e. The number of aliphatic hydroxyl groups is 1. The average Bonchev–Trinajstić information content (AvgIpc) is 3.51. The van der Waals surface area contributed by atoms with Crippen molar-refractivity contribution in [3.63, 3.8) is 0 Å². The van der Waals surface area contributed by atoms with Gasteiger partial charge < -0.3 is 24.5 Å². The third-order valence-electron chi connectivity index (χ3n) is 7.04. The van der Waals surface area contributed by atoms with E-state index in [1.165, 1.54) is 17.0 Å². The molecule has 10 heteroatoms. The molecule has 0 bridgehead atoms. The van der Waals surface area contributed by atoms with Crippen LogP contribution in [0.2, 0.25) is 0 Å². The Morgan fingerprint density at radius 1 is 1.18 bits per heavy atom. The predicted octanol–water partition coefficient (Wildman–Crippen LogP) is 4.36. The predicted molar refractivity (Wildman–Crippen MR) is 145 cm³/mol. The smallest absolute Gasteiger partial charge is 0.411 e. The van der Waals surface area contributed by atoms with Crippen molar-refractivity contribution in [1.82, 2.24) is 19.8 Å². The zero-order valence-electron chi connectivity index (χ0n) is 22.5. The first-order chi connectivity index (χ1) is 18.5. The van der Waals surface area contributed by atoms with Crippen molar-refractivity contribution in [2.24, 2.45) is 0 Å². The second-order valence-electron chi connectivity index (χ2n) is 11.0. The minimum Gasteiger partial charge on any atom is -0.496 e. The van der Waals surface area contributed by atoms with Crippen LogP contribution in [0.1, 0.15) is 39.3 Å². The number of carbonyl (C=O) groups excluding carboxylic acids is 2. The maximum absolute atomic E-state index is 14.1. The van der Waals surface area contributed by atoms with Gasteiger partial charge >= 0.3 is 6.09 Å². The first-order valence-corrected chi connectivity index (χ1v) is 13.0. The summed E-state index contributed by atoms with van der Waals surface area (Å²) in [6.07, 6.45) is 3.07. The standard InChI is InChI=1S/C29H33FN4O5/c1-29(2,3)39-28(37)34-16-19(35)14-24(34)27(36)33-11-8-17(9-12-33)23-15-22-20(7-10-31-26(22)32-23)21-13-18(30)5-6-25(21)38-4/h5-8,10,13,15,19,24,35H,9,11-12,14,16H2,1-4H3,(H,31,32). The van der Waals surface area contributed by atoms with E-state index in [0.29, 0.717) is 36.5 Å². The van der Waals surface area contributed by atoms with E-state index in [-0.39, 0.29) is 24.7 Å². The molecular weight excluding hydrogens is 503 g/mol. The Bertz CT molecular complexity index is 1440. The third kappa shape index (κ3) is 5.47. The Kier molecular flexibility index (Phi) is 7.07. The van der Waals surface area contributed by atoms with E-state index in [2.05, 4.69) is 9.97 Å². The molecule has 2 aromatic heterocycles. The van der Waals surface area contributed by atoms with Crippen molar-refractivity contribution >= 4 is 28.6 Å². The van der Waals surface area contributed by atoms with E-state index in [0.717, 1.165) is 22.2 Å². The summed E-state index contributed by atoms with van der Waals surface area (Å²) in [7, 11) is 1.55. The molecule has 0 aliphatic carbocycles. The van der Waals surface area contributed by atoms with E-state index >= 15 is 0 Å². The van der Waals surface area contributed by atoms with E-state index in [9.17, 15) is 19.1 Å². The van der Waals surface area contributed by atoms with Crippen LogP contribution < -0.4 is 4.74 Å². The number of aromatic nitrogens is 2. The first kappa shape index (κ1) is 26.7. The molecular formula is C29H33FN4O5. The Labute approximate surface area is 226 Å². The van der Waals surface area contributed by atoms with Crippen LogP contribution >= 0.6 is 0 Å². The highest BCUT2D eigenvalue weighted by molar-refractivity contribution is 5.97. The van der Waals surface area contributed by atoms with Crippen LogP contribution in [-0.4, -0.2) is 81.4 Å². The molecule has 2 aliphatic heterocycles. The van der Waals surface area contributed by atoms with Gasteiger partial charge in [0.2, 0.25) is 5.91 Å². The highest BCUT2D eigenvalue weighted by Gasteiger charge is 2.42. The van der Waals surface area contributed by atoms with Crippen molar-refractivity contribution in [2.45, 2.75) is 51.4 Å². The van der Waals surface area contributed by atoms with Gasteiger partial charge in [-0.1, -0.05) is 6.08 Å². The van der Waals surface area contributed by atoms with Gasteiger partial charge in [-0.25, -0.2) is 14.2 Å². The fourth-order valence-corrected chi connectivity index (χ4v) is 5.22. The normalized spacial score (nSPS) is 19.8. The molecule has 0 saturated carbocycles. The van der Waals surface area contributed by atoms with Gasteiger partial charge in [0.25, 0.3) is 0 Å². The molecule has 206 valence electrons. The lowest BCUT2D eigenvalue weighted by Crippen LogP contribution is -2.49. The molecule has 2 unspecified atom stereocenters. The fourth-order valence-electron chi connectivity index (χ4n) is 5.22. The molecule has 4 heterocycles. The molecule has 2 amide bonds. The number of H-pyrrole nitrogens is 1. The molecule has 5 rings (SSSR count). The molecule has 2 atom stereocenters. The average molecular weight is 537 g/mol. The van der Waals surface area contributed by atoms with Gasteiger partial charge in [0.05, 0.1) is 19.8 Å². The number of nitrogens with zero attached hydrogens (tertiary/aromatic N) is 3. The lowest BCUT2D eigenvalue weighted by Gasteiger charge is -2.32. The molecule has 0 radical (unpaired) electrons. The summed E-state index contributed by atoms with van der Waals surface area (Å²) in [5.74, 6) is 0.00735. The third-order valence-corrected chi connectivity index (χ3v) is 7.04. The number of likely N-dealkylation sites (tertiary alicyclic amines) is 1. The van der Waals surface area contributed by atoms with Gasteiger partial charge in [-0.2, -0.15) is 0 Å². The molecule has 1 fully saturated rings. The van der Waals surface area contributed by atoms with Gasteiger partial charge in [0, 0.05) is 42.4 Å². The SMILES string of the molecule is COc1ccc(F)cc1-c1ccnc2[nH]c(C3=CCN(C(=O)C4CC(O)CN4C(=O)OC(C)(C)C)CC3)cc12. The van der Waals surface area contributed by atoms with Gasteiger partial charge in [-0.15, -0.1) is 0 Å². The number of halogens is 1. The summed E-state index contributed by atoms with van der Waals surface area (Å²) < 4.78 is 25.0. The number of carbonyl (C=O) groups is 2. The first-order valence-electron chi connectivity index (χ1n) is 13.0. The number of nitrogens with one attached hydrogen (secondary N) is 1. The molecule has 0 spiro atoms. The molecule has 9 nitrogen and oxygen atoms in total. The topological polar surface area (TPSA) is 108 Å². The maximum atomic E-state index is 14.1. The minimum absolute atomic E-state index is 0.0702. The number of hydrogen-bond acceptors (Lipinski definition) is 6. The number of fused-ring (bicyclic) bond motifs is 1. The monoisotopic (exact) mass is 536 g/mol. The number of β-amino-alcohol motifs (C(OH)–C–C–N with tert-alkyl or cyclic N) is 1. The number of pyridine rings is 1. The lowest BCUT2D eigenvalue weighted by atomic mass is 10.0. The zero-order chi connectivity index (χ0) is 27.9. The molecule has 3 aromatic rings. The summed E-state index contributed by atoms with van der Waals surface area (Å²) in [5, 5.41) is 11.0. The zero-order valence-corrected chi connectivity index (χ0v) is 22.5. The van der Waals surface area contributed by atoms with Crippen molar-refractivity contribution < 1.29 is 28.6 Å². The Balaban J connectivity index is 1.35. The fraction of sp³-hybridized carbons (Fsp3) is 0.414. The number of amides is 2. The highest BCUT2D eigenvalue weighted by Crippen LogP contribution is 2.36. The highest BCUT2D eigenvalue weighted by atomic mass is 19.1. The lowest BCUT2D eigenvalue weighted by molar-refractivity contribution is -0.135. The largest absolute Gasteiger partial charge is 0.496 e. The van der Waals surface area contributed by atoms with Crippen LogP contribution in [0.3, 0.4) is 0 Å². The van der Waals surface area contributed by atoms with Crippen LogP contribution in [-0.2, 0) is 9.53 Å². The number of methoxy groups -OCH3 is 1.